The molecule has 4 aromatic rings. The Kier molecular flexibility index (Phi) is 4.72. The lowest BCUT2D eigenvalue weighted by Crippen LogP contribution is -2.31. The van der Waals surface area contributed by atoms with E-state index in [1.54, 1.807) is 6.92 Å². The van der Waals surface area contributed by atoms with Crippen LogP contribution in [0.5, 0.6) is 0 Å². The zero-order valence-corrected chi connectivity index (χ0v) is 16.1. The number of benzene rings is 2. The van der Waals surface area contributed by atoms with Crippen molar-refractivity contribution < 1.29 is 4.79 Å². The lowest BCUT2D eigenvalue weighted by atomic mass is 9.99. The van der Waals surface area contributed by atoms with Crippen LogP contribution in [0.25, 0.3) is 21.8 Å². The second kappa shape index (κ2) is 7.35. The van der Waals surface area contributed by atoms with Crippen molar-refractivity contribution in [3.8, 4) is 0 Å². The van der Waals surface area contributed by atoms with E-state index in [1.807, 2.05) is 49.4 Å². The Morgan fingerprint density at radius 2 is 1.90 bits per heavy atom. The van der Waals surface area contributed by atoms with Crippen LogP contribution in [-0.4, -0.2) is 20.4 Å². The fourth-order valence-electron chi connectivity index (χ4n) is 3.57. The maximum atomic E-state index is 12.8. The predicted octanol–water partition coefficient (Wildman–Crippen LogP) is 2.75. The highest BCUT2D eigenvalue weighted by Crippen LogP contribution is 2.24. The molecule has 0 spiro atoms. The van der Waals surface area contributed by atoms with Gasteiger partial charge in [0.25, 0.3) is 11.5 Å². The molecule has 146 valence electrons. The van der Waals surface area contributed by atoms with Crippen LogP contribution in [-0.2, 0) is 6.54 Å². The van der Waals surface area contributed by atoms with Crippen LogP contribution in [0.3, 0.4) is 0 Å². The van der Waals surface area contributed by atoms with Gasteiger partial charge in [0.2, 0.25) is 0 Å². The first-order valence-corrected chi connectivity index (χ1v) is 9.41. The summed E-state index contributed by atoms with van der Waals surface area (Å²) in [5.74, 6) is -0.339. The molecule has 0 fully saturated rings. The van der Waals surface area contributed by atoms with Crippen molar-refractivity contribution in [2.24, 2.45) is 0 Å². The zero-order valence-electron chi connectivity index (χ0n) is 16.1. The van der Waals surface area contributed by atoms with Crippen molar-refractivity contribution in [3.63, 3.8) is 0 Å². The molecule has 0 radical (unpaired) electrons. The van der Waals surface area contributed by atoms with Crippen LogP contribution in [0.4, 0.5) is 0 Å². The summed E-state index contributed by atoms with van der Waals surface area (Å²) in [6, 6.07) is 15.2. The van der Waals surface area contributed by atoms with E-state index in [4.69, 9.17) is 0 Å². The number of aromatic amines is 1. The first kappa shape index (κ1) is 18.6. The molecule has 2 aromatic carbocycles. The fourth-order valence-corrected chi connectivity index (χ4v) is 3.57. The number of aryl methyl sites for hydroxylation is 1. The second-order valence-corrected chi connectivity index (χ2v) is 6.86. The third kappa shape index (κ3) is 3.31. The topological polar surface area (TPSA) is 96.9 Å². The molecule has 0 bridgehead atoms. The summed E-state index contributed by atoms with van der Waals surface area (Å²) in [5, 5.41) is 5.35. The lowest BCUT2D eigenvalue weighted by Gasteiger charge is -2.17. The number of rotatable bonds is 4. The third-order valence-electron chi connectivity index (χ3n) is 5.05. The quantitative estimate of drug-likeness (QED) is 0.562. The molecule has 29 heavy (non-hydrogen) atoms. The molecular formula is C22H20N4O3. The third-order valence-corrected chi connectivity index (χ3v) is 5.05. The largest absolute Gasteiger partial charge is 0.345 e. The number of aromatic nitrogens is 3. The van der Waals surface area contributed by atoms with Crippen LogP contribution in [0.15, 0.2) is 64.3 Å². The molecule has 1 amide bonds. The molecule has 0 unspecified atom stereocenters. The maximum Gasteiger partial charge on any atom is 0.329 e. The van der Waals surface area contributed by atoms with Gasteiger partial charge in [-0.1, -0.05) is 42.5 Å². The molecule has 4 rings (SSSR count). The van der Waals surface area contributed by atoms with Crippen LogP contribution in [0.1, 0.15) is 35.8 Å². The Balaban J connectivity index is 1.69. The normalized spacial score (nSPS) is 12.2. The molecule has 0 aliphatic rings. The Morgan fingerprint density at radius 3 is 2.69 bits per heavy atom. The highest BCUT2D eigenvalue weighted by atomic mass is 16.2. The Hall–Kier alpha value is -3.74. The van der Waals surface area contributed by atoms with E-state index in [2.05, 4.69) is 15.3 Å². The maximum absolute atomic E-state index is 12.8. The molecule has 2 N–H and O–H groups in total. The SMILES string of the molecule is CCn1c(=O)[nH]c(=O)c2cc(C(=O)N[C@H](C)c3cccc4ccccc34)cnc21. The van der Waals surface area contributed by atoms with Crippen molar-refractivity contribution in [2.75, 3.05) is 0 Å². The molecule has 0 saturated carbocycles. The Bertz CT molecular complexity index is 1350. The van der Waals surface area contributed by atoms with Crippen molar-refractivity contribution in [1.82, 2.24) is 19.9 Å². The van der Waals surface area contributed by atoms with E-state index in [9.17, 15) is 14.4 Å². The average Bonchev–Trinajstić information content (AvgIpc) is 2.73. The van der Waals surface area contributed by atoms with Crippen LogP contribution in [0.2, 0.25) is 0 Å². The van der Waals surface area contributed by atoms with Crippen LogP contribution < -0.4 is 16.6 Å². The van der Waals surface area contributed by atoms with Crippen molar-refractivity contribution in [2.45, 2.75) is 26.4 Å². The van der Waals surface area contributed by atoms with Gasteiger partial charge >= 0.3 is 5.69 Å². The average molecular weight is 388 g/mol. The summed E-state index contributed by atoms with van der Waals surface area (Å²) in [6.07, 6.45) is 1.39. The minimum Gasteiger partial charge on any atom is -0.345 e. The molecule has 0 aliphatic carbocycles. The Morgan fingerprint density at radius 1 is 1.14 bits per heavy atom. The van der Waals surface area contributed by atoms with Gasteiger partial charge in [-0.25, -0.2) is 9.78 Å². The first-order chi connectivity index (χ1) is 14.0. The summed E-state index contributed by atoms with van der Waals surface area (Å²) in [7, 11) is 0. The van der Waals surface area contributed by atoms with E-state index in [0.717, 1.165) is 16.3 Å². The van der Waals surface area contributed by atoms with Crippen LogP contribution in [0, 0.1) is 0 Å². The fraction of sp³-hybridized carbons (Fsp3) is 0.182. The zero-order chi connectivity index (χ0) is 20.5. The van der Waals surface area contributed by atoms with E-state index in [-0.39, 0.29) is 28.5 Å². The number of H-pyrrole nitrogens is 1. The summed E-state index contributed by atoms with van der Waals surface area (Å²) >= 11 is 0. The number of carbonyl (C=O) groups excluding carboxylic acids is 1. The minimum atomic E-state index is -0.557. The van der Waals surface area contributed by atoms with Gasteiger partial charge in [-0.3, -0.25) is 19.1 Å². The van der Waals surface area contributed by atoms with Crippen molar-refractivity contribution in [1.29, 1.82) is 0 Å². The summed E-state index contributed by atoms with van der Waals surface area (Å²) < 4.78 is 1.36. The molecule has 2 heterocycles. The molecule has 1 atom stereocenters. The van der Waals surface area contributed by atoms with Gasteiger partial charge < -0.3 is 5.32 Å². The van der Waals surface area contributed by atoms with Gasteiger partial charge in [0.05, 0.1) is 17.0 Å². The summed E-state index contributed by atoms with van der Waals surface area (Å²) in [4.78, 5) is 43.4. The number of carbonyl (C=O) groups is 1. The lowest BCUT2D eigenvalue weighted by molar-refractivity contribution is 0.0940. The van der Waals surface area contributed by atoms with Crippen LogP contribution >= 0.6 is 0 Å². The number of fused-ring (bicyclic) bond motifs is 2. The van der Waals surface area contributed by atoms with Gasteiger partial charge in [-0.05, 0) is 36.2 Å². The second-order valence-electron chi connectivity index (χ2n) is 6.86. The molecule has 7 heteroatoms. The smallest absolute Gasteiger partial charge is 0.329 e. The predicted molar refractivity (Wildman–Crippen MR) is 112 cm³/mol. The molecule has 0 saturated heterocycles. The first-order valence-electron chi connectivity index (χ1n) is 9.41. The molecular weight excluding hydrogens is 368 g/mol. The van der Waals surface area contributed by atoms with E-state index >= 15 is 0 Å². The number of hydrogen-bond donors (Lipinski definition) is 2. The number of hydrogen-bond acceptors (Lipinski definition) is 4. The molecule has 0 aliphatic heterocycles. The monoisotopic (exact) mass is 388 g/mol. The number of pyridine rings is 1. The summed E-state index contributed by atoms with van der Waals surface area (Å²) in [5.41, 5.74) is 0.456. The van der Waals surface area contributed by atoms with Crippen molar-refractivity contribution in [3.05, 3.63) is 86.7 Å². The molecule has 7 nitrogen and oxygen atoms in total. The van der Waals surface area contributed by atoms with Gasteiger partial charge in [-0.2, -0.15) is 0 Å². The summed E-state index contributed by atoms with van der Waals surface area (Å²) in [6.45, 7) is 4.06. The van der Waals surface area contributed by atoms with Gasteiger partial charge in [0.15, 0.2) is 0 Å². The highest BCUT2D eigenvalue weighted by molar-refractivity contribution is 5.97. The number of nitrogens with one attached hydrogen (secondary N) is 2. The van der Waals surface area contributed by atoms with E-state index < -0.39 is 11.2 Å². The number of amides is 1. The highest BCUT2D eigenvalue weighted by Gasteiger charge is 2.16. The van der Waals surface area contributed by atoms with E-state index in [1.165, 1.54) is 16.8 Å². The van der Waals surface area contributed by atoms with E-state index in [0.29, 0.717) is 6.54 Å². The van der Waals surface area contributed by atoms with Crippen molar-refractivity contribution >= 4 is 27.7 Å². The molecule has 2 aromatic heterocycles. The number of nitrogens with zero attached hydrogens (tertiary/aromatic N) is 2. The van der Waals surface area contributed by atoms with Gasteiger partial charge in [0.1, 0.15) is 5.65 Å². The minimum absolute atomic E-state index is 0.205. The van der Waals surface area contributed by atoms with Gasteiger partial charge in [0, 0.05) is 12.7 Å². The Labute approximate surface area is 166 Å². The van der Waals surface area contributed by atoms with Gasteiger partial charge in [-0.15, -0.1) is 0 Å². The standard InChI is InChI=1S/C22H20N4O3/c1-3-26-19-18(21(28)25-22(26)29)11-15(12-23-19)20(27)24-13(2)16-10-6-8-14-7-4-5-9-17(14)16/h4-13H,3H2,1-2H3,(H,24,27)(H,25,28,29)/t13-/m1/s1.